The zero-order valence-electron chi connectivity index (χ0n) is 11.4. The van der Waals surface area contributed by atoms with Crippen LogP contribution in [0.1, 0.15) is 24.3 Å². The topological polar surface area (TPSA) is 45.3 Å². The summed E-state index contributed by atoms with van der Waals surface area (Å²) >= 11 is 6.09. The maximum Gasteiger partial charge on any atom is 0.409 e. The molecule has 0 spiro atoms. The first kappa shape index (κ1) is 13.3. The summed E-state index contributed by atoms with van der Waals surface area (Å²) in [5, 5.41) is 1.94. The molecule has 0 saturated carbocycles. The molecule has 2 heterocycles. The highest BCUT2D eigenvalue weighted by Gasteiger charge is 2.25. The normalized spacial score (nSPS) is 16.6. The van der Waals surface area contributed by atoms with Gasteiger partial charge in [0.15, 0.2) is 0 Å². The van der Waals surface area contributed by atoms with Gasteiger partial charge in [0.05, 0.1) is 7.11 Å². The van der Waals surface area contributed by atoms with Crippen molar-refractivity contribution in [3.63, 3.8) is 0 Å². The molecule has 1 fully saturated rings. The van der Waals surface area contributed by atoms with Crippen LogP contribution >= 0.6 is 11.6 Å². The first-order valence-corrected chi connectivity index (χ1v) is 7.16. The molecular formula is C15H17ClN2O2. The van der Waals surface area contributed by atoms with Gasteiger partial charge in [-0.3, -0.25) is 0 Å². The lowest BCUT2D eigenvalue weighted by Crippen LogP contribution is -2.37. The Morgan fingerprint density at radius 2 is 2.15 bits per heavy atom. The first-order valence-electron chi connectivity index (χ1n) is 6.78. The number of methoxy groups -OCH3 is 1. The van der Waals surface area contributed by atoms with Crippen LogP contribution in [0.4, 0.5) is 4.79 Å². The number of likely N-dealkylation sites (tertiary alicyclic amines) is 1. The molecule has 20 heavy (non-hydrogen) atoms. The summed E-state index contributed by atoms with van der Waals surface area (Å²) in [6, 6.07) is 5.91. The third kappa shape index (κ3) is 2.36. The predicted molar refractivity (Wildman–Crippen MR) is 79.3 cm³/mol. The minimum Gasteiger partial charge on any atom is -0.453 e. The number of carbonyl (C=O) groups excluding carboxylic acids is 1. The molecule has 1 aromatic heterocycles. The van der Waals surface area contributed by atoms with Gasteiger partial charge in [0.2, 0.25) is 0 Å². The number of nitrogens with zero attached hydrogens (tertiary/aromatic N) is 1. The average Bonchev–Trinajstić information content (AvgIpc) is 2.89. The van der Waals surface area contributed by atoms with Gasteiger partial charge in [0, 0.05) is 35.2 Å². The number of halogens is 1. The maximum absolute atomic E-state index is 11.5. The van der Waals surface area contributed by atoms with Crippen molar-refractivity contribution in [1.82, 2.24) is 9.88 Å². The van der Waals surface area contributed by atoms with E-state index in [-0.39, 0.29) is 6.09 Å². The molecule has 3 rings (SSSR count). The number of H-pyrrole nitrogens is 1. The van der Waals surface area contributed by atoms with Crippen molar-refractivity contribution in [3.05, 3.63) is 35.0 Å². The highest BCUT2D eigenvalue weighted by Crippen LogP contribution is 2.34. The van der Waals surface area contributed by atoms with E-state index in [0.29, 0.717) is 5.92 Å². The summed E-state index contributed by atoms with van der Waals surface area (Å²) in [5.41, 5.74) is 2.41. The van der Waals surface area contributed by atoms with Gasteiger partial charge in [-0.15, -0.1) is 0 Å². The van der Waals surface area contributed by atoms with Gasteiger partial charge >= 0.3 is 6.09 Å². The highest BCUT2D eigenvalue weighted by atomic mass is 35.5. The second-order valence-electron chi connectivity index (χ2n) is 5.17. The fraction of sp³-hybridized carbons (Fsp3) is 0.400. The van der Waals surface area contributed by atoms with Crippen LogP contribution in [0.25, 0.3) is 10.9 Å². The van der Waals surface area contributed by atoms with E-state index >= 15 is 0 Å². The largest absolute Gasteiger partial charge is 0.453 e. The second kappa shape index (κ2) is 5.37. The Labute approximate surface area is 122 Å². The fourth-order valence-electron chi connectivity index (χ4n) is 2.95. The summed E-state index contributed by atoms with van der Waals surface area (Å²) in [6.45, 7) is 1.48. The third-order valence-electron chi connectivity index (χ3n) is 4.04. The van der Waals surface area contributed by atoms with Crippen molar-refractivity contribution < 1.29 is 9.53 Å². The van der Waals surface area contributed by atoms with Crippen molar-refractivity contribution >= 4 is 28.6 Å². The van der Waals surface area contributed by atoms with E-state index in [9.17, 15) is 4.79 Å². The lowest BCUT2D eigenvalue weighted by atomic mass is 9.89. The molecule has 0 aliphatic carbocycles. The fourth-order valence-corrected chi connectivity index (χ4v) is 3.13. The minimum atomic E-state index is -0.231. The molecule has 0 radical (unpaired) electrons. The zero-order chi connectivity index (χ0) is 14.1. The van der Waals surface area contributed by atoms with Crippen LogP contribution < -0.4 is 0 Å². The van der Waals surface area contributed by atoms with Crippen LogP contribution in [0.15, 0.2) is 24.4 Å². The Kier molecular flexibility index (Phi) is 3.57. The van der Waals surface area contributed by atoms with Gasteiger partial charge < -0.3 is 14.6 Å². The summed E-state index contributed by atoms with van der Waals surface area (Å²) in [7, 11) is 1.43. The summed E-state index contributed by atoms with van der Waals surface area (Å²) < 4.78 is 4.76. The van der Waals surface area contributed by atoms with E-state index in [1.165, 1.54) is 18.1 Å². The maximum atomic E-state index is 11.5. The number of amides is 1. The smallest absolute Gasteiger partial charge is 0.409 e. The van der Waals surface area contributed by atoms with Crippen molar-refractivity contribution in [2.75, 3.05) is 20.2 Å². The molecule has 0 unspecified atom stereocenters. The molecule has 1 N–H and O–H groups in total. The third-order valence-corrected chi connectivity index (χ3v) is 4.28. The summed E-state index contributed by atoms with van der Waals surface area (Å²) in [4.78, 5) is 16.6. The first-order chi connectivity index (χ1) is 9.69. The number of fused-ring (bicyclic) bond motifs is 1. The Bertz CT molecular complexity index is 630. The number of benzene rings is 1. The van der Waals surface area contributed by atoms with Crippen molar-refractivity contribution in [2.45, 2.75) is 18.8 Å². The number of carbonyl (C=O) groups is 1. The molecule has 1 aromatic carbocycles. The van der Waals surface area contributed by atoms with Crippen LogP contribution in [-0.2, 0) is 4.74 Å². The molecule has 0 atom stereocenters. The van der Waals surface area contributed by atoms with Gasteiger partial charge in [-0.25, -0.2) is 4.79 Å². The number of nitrogens with one attached hydrogen (secondary N) is 1. The standard InChI is InChI=1S/C15H17ClN2O2/c1-20-15(19)18-6-4-10(5-7-18)13-9-17-14-3-2-11(16)8-12(13)14/h2-3,8-10,17H,4-7H2,1H3. The Morgan fingerprint density at radius 1 is 1.40 bits per heavy atom. The van der Waals surface area contributed by atoms with Gasteiger partial charge in [-0.05, 0) is 42.5 Å². The van der Waals surface area contributed by atoms with Crippen LogP contribution in [0.3, 0.4) is 0 Å². The molecule has 1 aliphatic heterocycles. The second-order valence-corrected chi connectivity index (χ2v) is 5.60. The Morgan fingerprint density at radius 3 is 2.85 bits per heavy atom. The van der Waals surface area contributed by atoms with E-state index in [2.05, 4.69) is 11.2 Å². The molecule has 5 heteroatoms. The molecule has 1 saturated heterocycles. The van der Waals surface area contributed by atoms with Crippen LogP contribution in [0.5, 0.6) is 0 Å². The number of hydrogen-bond acceptors (Lipinski definition) is 2. The molecule has 1 amide bonds. The molecule has 2 aromatic rings. The molecule has 106 valence electrons. The van der Waals surface area contributed by atoms with Crippen molar-refractivity contribution in [1.29, 1.82) is 0 Å². The lowest BCUT2D eigenvalue weighted by molar-refractivity contribution is 0.112. The van der Waals surface area contributed by atoms with Crippen LogP contribution in [-0.4, -0.2) is 36.2 Å². The SMILES string of the molecule is COC(=O)N1CCC(c2c[nH]c3ccc(Cl)cc23)CC1. The van der Waals surface area contributed by atoms with Crippen LogP contribution in [0.2, 0.25) is 5.02 Å². The Balaban J connectivity index is 1.80. The monoisotopic (exact) mass is 292 g/mol. The number of piperidine rings is 1. The number of aromatic amines is 1. The lowest BCUT2D eigenvalue weighted by Gasteiger charge is -2.30. The number of hydrogen-bond donors (Lipinski definition) is 1. The molecule has 4 nitrogen and oxygen atoms in total. The zero-order valence-corrected chi connectivity index (χ0v) is 12.1. The van der Waals surface area contributed by atoms with E-state index in [4.69, 9.17) is 16.3 Å². The van der Waals surface area contributed by atoms with Gasteiger partial charge in [-0.2, -0.15) is 0 Å². The number of ether oxygens (including phenoxy) is 1. The van der Waals surface area contributed by atoms with E-state index < -0.39 is 0 Å². The van der Waals surface area contributed by atoms with Crippen molar-refractivity contribution in [3.8, 4) is 0 Å². The quantitative estimate of drug-likeness (QED) is 0.869. The predicted octanol–water partition coefficient (Wildman–Crippen LogP) is 3.77. The van der Waals surface area contributed by atoms with Crippen LogP contribution in [0, 0.1) is 0 Å². The highest BCUT2D eigenvalue weighted by molar-refractivity contribution is 6.31. The molecular weight excluding hydrogens is 276 g/mol. The minimum absolute atomic E-state index is 0.231. The molecule has 0 bridgehead atoms. The van der Waals surface area contributed by atoms with Gasteiger partial charge in [-0.1, -0.05) is 11.6 Å². The van der Waals surface area contributed by atoms with Gasteiger partial charge in [0.25, 0.3) is 0 Å². The van der Waals surface area contributed by atoms with E-state index in [1.807, 2.05) is 18.2 Å². The van der Waals surface area contributed by atoms with E-state index in [0.717, 1.165) is 36.5 Å². The van der Waals surface area contributed by atoms with Gasteiger partial charge in [0.1, 0.15) is 0 Å². The average molecular weight is 293 g/mol. The summed E-state index contributed by atoms with van der Waals surface area (Å²) in [6.07, 6.45) is 3.74. The number of aromatic nitrogens is 1. The summed E-state index contributed by atoms with van der Waals surface area (Å²) in [5.74, 6) is 0.461. The van der Waals surface area contributed by atoms with E-state index in [1.54, 1.807) is 4.90 Å². The Hall–Kier alpha value is -1.68. The van der Waals surface area contributed by atoms with Crippen molar-refractivity contribution in [2.24, 2.45) is 0 Å². The number of rotatable bonds is 1. The molecule has 1 aliphatic rings.